The number of rotatable bonds is 6. The standard InChI is InChI=1S/C24H31N3O4/c1-24(2,3)23(29)27-19-12-21(31-5)20(30-4)11-17(19)22(28)26-18-9-7-15-10-14(13-25)6-8-16(15)18/h6,8,10-12,18H,7,9,13,25H2,1-5H3,(H,26,28)(H,27,29). The molecule has 1 unspecified atom stereocenters. The Bertz CT molecular complexity index is 995. The normalized spacial score (nSPS) is 15.2. The third-order valence-corrected chi connectivity index (χ3v) is 5.52. The highest BCUT2D eigenvalue weighted by Crippen LogP contribution is 2.36. The zero-order valence-electron chi connectivity index (χ0n) is 18.8. The first-order chi connectivity index (χ1) is 14.7. The van der Waals surface area contributed by atoms with E-state index < -0.39 is 5.41 Å². The third-order valence-electron chi connectivity index (χ3n) is 5.52. The number of nitrogens with two attached hydrogens (primary N) is 1. The van der Waals surface area contributed by atoms with E-state index in [0.29, 0.717) is 29.3 Å². The number of methoxy groups -OCH3 is 2. The lowest BCUT2D eigenvalue weighted by atomic mass is 9.95. The number of carbonyl (C=O) groups excluding carboxylic acids is 2. The van der Waals surface area contributed by atoms with Gasteiger partial charge in [-0.3, -0.25) is 9.59 Å². The van der Waals surface area contributed by atoms with Crippen LogP contribution in [-0.2, 0) is 17.8 Å². The summed E-state index contributed by atoms with van der Waals surface area (Å²) in [6.45, 7) is 5.93. The Kier molecular flexibility index (Phi) is 6.55. The molecule has 2 aromatic rings. The zero-order chi connectivity index (χ0) is 22.8. The molecular weight excluding hydrogens is 394 g/mol. The SMILES string of the molecule is COc1cc(NC(=O)C(C)(C)C)c(C(=O)NC2CCc3cc(CN)ccc32)cc1OC. The number of ether oxygens (including phenoxy) is 2. The first kappa shape index (κ1) is 22.6. The fourth-order valence-corrected chi connectivity index (χ4v) is 3.66. The molecule has 1 aliphatic carbocycles. The van der Waals surface area contributed by atoms with Gasteiger partial charge in [0.1, 0.15) is 0 Å². The summed E-state index contributed by atoms with van der Waals surface area (Å²) >= 11 is 0. The van der Waals surface area contributed by atoms with Gasteiger partial charge in [0.05, 0.1) is 31.5 Å². The van der Waals surface area contributed by atoms with E-state index in [1.807, 2.05) is 32.9 Å². The van der Waals surface area contributed by atoms with Crippen molar-refractivity contribution in [1.82, 2.24) is 5.32 Å². The third kappa shape index (κ3) is 4.82. The summed E-state index contributed by atoms with van der Waals surface area (Å²) < 4.78 is 10.7. The maximum atomic E-state index is 13.3. The summed E-state index contributed by atoms with van der Waals surface area (Å²) in [6.07, 6.45) is 1.69. The van der Waals surface area contributed by atoms with Gasteiger partial charge in [0.2, 0.25) is 5.91 Å². The molecule has 0 aliphatic heterocycles. The van der Waals surface area contributed by atoms with Crippen LogP contribution in [0, 0.1) is 5.41 Å². The molecule has 0 bridgehead atoms. The van der Waals surface area contributed by atoms with Gasteiger partial charge in [0, 0.05) is 18.0 Å². The van der Waals surface area contributed by atoms with Crippen molar-refractivity contribution in [2.45, 2.75) is 46.2 Å². The van der Waals surface area contributed by atoms with Crippen LogP contribution in [0.1, 0.15) is 60.3 Å². The van der Waals surface area contributed by atoms with E-state index in [1.54, 1.807) is 12.1 Å². The highest BCUT2D eigenvalue weighted by atomic mass is 16.5. The van der Waals surface area contributed by atoms with Crippen LogP contribution in [0.4, 0.5) is 5.69 Å². The Morgan fingerprint density at radius 3 is 2.39 bits per heavy atom. The number of fused-ring (bicyclic) bond motifs is 1. The van der Waals surface area contributed by atoms with E-state index >= 15 is 0 Å². The van der Waals surface area contributed by atoms with Crippen LogP contribution in [0.15, 0.2) is 30.3 Å². The van der Waals surface area contributed by atoms with Crippen molar-refractivity contribution in [1.29, 1.82) is 0 Å². The molecule has 0 aromatic heterocycles. The van der Waals surface area contributed by atoms with Crippen LogP contribution in [-0.4, -0.2) is 26.0 Å². The van der Waals surface area contributed by atoms with Crippen LogP contribution < -0.4 is 25.8 Å². The molecule has 0 saturated heterocycles. The van der Waals surface area contributed by atoms with Gasteiger partial charge in [0.25, 0.3) is 5.91 Å². The van der Waals surface area contributed by atoms with Crippen molar-refractivity contribution in [3.63, 3.8) is 0 Å². The molecule has 0 fully saturated rings. The van der Waals surface area contributed by atoms with Crippen molar-refractivity contribution >= 4 is 17.5 Å². The largest absolute Gasteiger partial charge is 0.493 e. The van der Waals surface area contributed by atoms with Gasteiger partial charge >= 0.3 is 0 Å². The van der Waals surface area contributed by atoms with Gasteiger partial charge in [-0.2, -0.15) is 0 Å². The predicted octanol–water partition coefficient (Wildman–Crippen LogP) is 3.56. The van der Waals surface area contributed by atoms with Crippen molar-refractivity contribution in [3.8, 4) is 11.5 Å². The van der Waals surface area contributed by atoms with Gasteiger partial charge in [-0.1, -0.05) is 39.0 Å². The topological polar surface area (TPSA) is 103 Å². The first-order valence-corrected chi connectivity index (χ1v) is 10.4. The first-order valence-electron chi connectivity index (χ1n) is 10.4. The average molecular weight is 426 g/mol. The number of amides is 2. The second kappa shape index (κ2) is 8.98. The van der Waals surface area contributed by atoms with Gasteiger partial charge in [0.15, 0.2) is 11.5 Å². The van der Waals surface area contributed by atoms with Gasteiger partial charge in [-0.05, 0) is 35.6 Å². The highest BCUT2D eigenvalue weighted by Gasteiger charge is 2.28. The molecule has 31 heavy (non-hydrogen) atoms. The van der Waals surface area contributed by atoms with Crippen molar-refractivity contribution in [2.24, 2.45) is 11.1 Å². The van der Waals surface area contributed by atoms with E-state index in [1.165, 1.54) is 19.8 Å². The zero-order valence-corrected chi connectivity index (χ0v) is 18.8. The monoisotopic (exact) mass is 425 g/mol. The molecule has 4 N–H and O–H groups in total. The van der Waals surface area contributed by atoms with E-state index in [-0.39, 0.29) is 17.9 Å². The second-order valence-corrected chi connectivity index (χ2v) is 8.76. The molecule has 1 aliphatic rings. The Morgan fingerprint density at radius 2 is 1.77 bits per heavy atom. The Hall–Kier alpha value is -3.06. The van der Waals surface area contributed by atoms with E-state index in [4.69, 9.17) is 15.2 Å². The molecule has 0 saturated carbocycles. The van der Waals surface area contributed by atoms with Crippen molar-refractivity contribution < 1.29 is 19.1 Å². The van der Waals surface area contributed by atoms with Crippen LogP contribution in [0.3, 0.4) is 0 Å². The van der Waals surface area contributed by atoms with E-state index in [9.17, 15) is 9.59 Å². The lowest BCUT2D eigenvalue weighted by Crippen LogP contribution is -2.31. The van der Waals surface area contributed by atoms with Gasteiger partial charge < -0.3 is 25.8 Å². The number of hydrogen-bond acceptors (Lipinski definition) is 5. The number of carbonyl (C=O) groups is 2. The Morgan fingerprint density at radius 1 is 1.10 bits per heavy atom. The second-order valence-electron chi connectivity index (χ2n) is 8.76. The number of nitrogens with one attached hydrogen (secondary N) is 2. The summed E-state index contributed by atoms with van der Waals surface area (Å²) in [6, 6.07) is 9.25. The summed E-state index contributed by atoms with van der Waals surface area (Å²) in [4.78, 5) is 25.9. The van der Waals surface area contributed by atoms with Crippen LogP contribution in [0.25, 0.3) is 0 Å². The maximum Gasteiger partial charge on any atom is 0.254 e. The number of benzene rings is 2. The van der Waals surface area contributed by atoms with Crippen LogP contribution >= 0.6 is 0 Å². The molecule has 3 rings (SSSR count). The smallest absolute Gasteiger partial charge is 0.254 e. The summed E-state index contributed by atoms with van der Waals surface area (Å²) in [5, 5.41) is 5.98. The summed E-state index contributed by atoms with van der Waals surface area (Å²) in [5.41, 5.74) is 9.22. The lowest BCUT2D eigenvalue weighted by Gasteiger charge is -2.21. The average Bonchev–Trinajstić information content (AvgIpc) is 3.14. The summed E-state index contributed by atoms with van der Waals surface area (Å²) in [7, 11) is 3.02. The fraction of sp³-hybridized carbons (Fsp3) is 0.417. The minimum Gasteiger partial charge on any atom is -0.493 e. The quantitative estimate of drug-likeness (QED) is 0.657. The lowest BCUT2D eigenvalue weighted by molar-refractivity contribution is -0.123. The minimum atomic E-state index is -0.619. The molecule has 7 nitrogen and oxygen atoms in total. The number of anilines is 1. The molecule has 0 spiro atoms. The van der Waals surface area contributed by atoms with Gasteiger partial charge in [-0.25, -0.2) is 0 Å². The fourth-order valence-electron chi connectivity index (χ4n) is 3.66. The van der Waals surface area contributed by atoms with Crippen molar-refractivity contribution in [2.75, 3.05) is 19.5 Å². The van der Waals surface area contributed by atoms with Gasteiger partial charge in [-0.15, -0.1) is 0 Å². The molecule has 0 radical (unpaired) electrons. The summed E-state index contributed by atoms with van der Waals surface area (Å²) in [5.74, 6) is 0.366. The van der Waals surface area contributed by atoms with E-state index in [2.05, 4.69) is 16.7 Å². The molecule has 2 aromatic carbocycles. The predicted molar refractivity (Wildman–Crippen MR) is 120 cm³/mol. The molecule has 166 valence electrons. The molecule has 1 atom stereocenters. The number of aryl methyl sites for hydroxylation is 1. The highest BCUT2D eigenvalue weighted by molar-refractivity contribution is 6.05. The van der Waals surface area contributed by atoms with Crippen LogP contribution in [0.2, 0.25) is 0 Å². The molecule has 7 heteroatoms. The minimum absolute atomic E-state index is 0.103. The van der Waals surface area contributed by atoms with Crippen molar-refractivity contribution in [3.05, 3.63) is 52.6 Å². The maximum absolute atomic E-state index is 13.3. The number of hydrogen-bond donors (Lipinski definition) is 3. The Labute approximate surface area is 183 Å². The molecule has 2 amide bonds. The molecule has 0 heterocycles. The molecular formula is C24H31N3O4. The van der Waals surface area contributed by atoms with Crippen LogP contribution in [0.5, 0.6) is 11.5 Å². The van der Waals surface area contributed by atoms with E-state index in [0.717, 1.165) is 24.0 Å². The Balaban J connectivity index is 1.92.